The number of rotatable bonds is 11. The fourth-order valence-electron chi connectivity index (χ4n) is 4.85. The monoisotopic (exact) mass is 628 g/mol. The van der Waals surface area contributed by atoms with E-state index in [1.165, 1.54) is 43.1 Å². The van der Waals surface area contributed by atoms with E-state index < -0.39 is 41.2 Å². The number of piperidine rings is 1. The molecule has 10 nitrogen and oxygen atoms in total. The van der Waals surface area contributed by atoms with Crippen molar-refractivity contribution in [2.45, 2.75) is 64.0 Å². The summed E-state index contributed by atoms with van der Waals surface area (Å²) in [5.74, 6) is -0.954. The summed E-state index contributed by atoms with van der Waals surface area (Å²) in [6.07, 6.45) is -0.124. The van der Waals surface area contributed by atoms with E-state index in [0.717, 1.165) is 30.5 Å². The van der Waals surface area contributed by atoms with E-state index in [1.807, 2.05) is 30.3 Å². The second-order valence-corrected chi connectivity index (χ2v) is 12.0. The minimum atomic E-state index is -4.52. The Balaban J connectivity index is 1.54. The van der Waals surface area contributed by atoms with Gasteiger partial charge in [-0.25, -0.2) is 4.98 Å². The van der Waals surface area contributed by atoms with Gasteiger partial charge >= 0.3 is 6.18 Å². The number of nitrogens with one attached hydrogen (secondary N) is 2. The molecule has 1 fully saturated rings. The number of hydrogen-bond donors (Lipinski definition) is 3. The van der Waals surface area contributed by atoms with Gasteiger partial charge in [0.15, 0.2) is 5.82 Å². The van der Waals surface area contributed by atoms with Crippen molar-refractivity contribution in [3.8, 4) is 0 Å². The molecule has 45 heavy (non-hydrogen) atoms. The predicted molar refractivity (Wildman–Crippen MR) is 162 cm³/mol. The number of nitrogens with two attached hydrogens (primary N) is 1. The number of carbonyl (C=O) groups is 3. The number of likely N-dealkylation sites (tertiary alicyclic amines) is 1. The standard InChI is InChI=1S/C32H39F3N6O4/c1-21-13-15-40(16-14-21)29(43)27(23-9-11-24(12-10-23)32(33,34)35)41-17-26(37-20-41)39-28(42)25(38-30(44)31(2,3)36)19-45-18-22-7-5-4-6-8-22/h4-12,17,20-21,25,27H,13-16,18-19,36H2,1-3H3,(H,38,44)(H,39,42). The molecule has 0 aliphatic carbocycles. The number of amides is 3. The smallest absolute Gasteiger partial charge is 0.374 e. The van der Waals surface area contributed by atoms with Crippen molar-refractivity contribution in [3.05, 3.63) is 83.8 Å². The molecule has 0 bridgehead atoms. The van der Waals surface area contributed by atoms with Gasteiger partial charge in [-0.05, 0) is 55.9 Å². The molecular formula is C32H39F3N6O4. The lowest BCUT2D eigenvalue weighted by atomic mass is 9.97. The molecule has 1 aliphatic heterocycles. The number of imidazole rings is 1. The van der Waals surface area contributed by atoms with Gasteiger partial charge in [0.1, 0.15) is 12.1 Å². The fourth-order valence-corrected chi connectivity index (χ4v) is 4.85. The Morgan fingerprint density at radius 2 is 1.69 bits per heavy atom. The highest BCUT2D eigenvalue weighted by molar-refractivity contribution is 5.98. The maximum atomic E-state index is 13.8. The summed E-state index contributed by atoms with van der Waals surface area (Å²) < 4.78 is 46.9. The van der Waals surface area contributed by atoms with Crippen LogP contribution in [0.25, 0.3) is 0 Å². The summed E-state index contributed by atoms with van der Waals surface area (Å²) in [5.41, 5.74) is 5.05. The molecule has 2 unspecified atom stereocenters. The largest absolute Gasteiger partial charge is 0.416 e. The second-order valence-electron chi connectivity index (χ2n) is 12.0. The Kier molecular flexibility index (Phi) is 10.7. The van der Waals surface area contributed by atoms with Crippen LogP contribution in [-0.4, -0.2) is 63.4 Å². The highest BCUT2D eigenvalue weighted by Gasteiger charge is 2.34. The Morgan fingerprint density at radius 3 is 2.29 bits per heavy atom. The van der Waals surface area contributed by atoms with E-state index in [9.17, 15) is 27.6 Å². The van der Waals surface area contributed by atoms with Gasteiger partial charge in [0.2, 0.25) is 11.8 Å². The van der Waals surface area contributed by atoms with Crippen molar-refractivity contribution in [3.63, 3.8) is 0 Å². The molecule has 3 aromatic rings. The SMILES string of the molecule is CC1CCN(C(=O)C(c2ccc(C(F)(F)F)cc2)n2cnc(NC(=O)C(COCc3ccccc3)NC(=O)C(C)(C)N)c2)CC1. The molecular weight excluding hydrogens is 589 g/mol. The van der Waals surface area contributed by atoms with Crippen molar-refractivity contribution < 1.29 is 32.3 Å². The van der Waals surface area contributed by atoms with E-state index in [2.05, 4.69) is 22.5 Å². The normalized spacial score (nSPS) is 15.8. The van der Waals surface area contributed by atoms with Gasteiger partial charge in [0.25, 0.3) is 5.91 Å². The van der Waals surface area contributed by atoms with Gasteiger partial charge in [-0.3, -0.25) is 14.4 Å². The molecule has 0 spiro atoms. The highest BCUT2D eigenvalue weighted by Crippen LogP contribution is 2.32. The van der Waals surface area contributed by atoms with Crippen molar-refractivity contribution in [1.29, 1.82) is 0 Å². The van der Waals surface area contributed by atoms with Gasteiger partial charge in [0.05, 0.1) is 30.6 Å². The molecule has 4 N–H and O–H groups in total. The summed E-state index contributed by atoms with van der Waals surface area (Å²) in [6.45, 7) is 6.21. The third kappa shape index (κ3) is 9.14. The molecule has 2 aromatic carbocycles. The van der Waals surface area contributed by atoms with E-state index in [1.54, 1.807) is 4.90 Å². The molecule has 1 saturated heterocycles. The van der Waals surface area contributed by atoms with Crippen LogP contribution in [0.3, 0.4) is 0 Å². The molecule has 2 atom stereocenters. The van der Waals surface area contributed by atoms with Crippen LogP contribution in [0.5, 0.6) is 0 Å². The molecule has 242 valence electrons. The molecule has 1 aliphatic rings. The van der Waals surface area contributed by atoms with E-state index in [-0.39, 0.29) is 24.9 Å². The van der Waals surface area contributed by atoms with Crippen LogP contribution in [-0.2, 0) is 31.9 Å². The van der Waals surface area contributed by atoms with Gasteiger partial charge in [-0.1, -0.05) is 49.4 Å². The average molecular weight is 629 g/mol. The van der Waals surface area contributed by atoms with Crippen LogP contribution in [0, 0.1) is 5.92 Å². The molecule has 13 heteroatoms. The third-order valence-corrected chi connectivity index (χ3v) is 7.64. The second kappa shape index (κ2) is 14.2. The number of alkyl halides is 3. The van der Waals surface area contributed by atoms with Crippen LogP contribution in [0.15, 0.2) is 67.1 Å². The number of ether oxygens (including phenoxy) is 1. The molecule has 1 aromatic heterocycles. The maximum absolute atomic E-state index is 13.8. The first kappa shape index (κ1) is 33.7. The van der Waals surface area contributed by atoms with Crippen molar-refractivity contribution >= 4 is 23.5 Å². The number of halogens is 3. The molecule has 0 saturated carbocycles. The number of nitrogens with zero attached hydrogens (tertiary/aromatic N) is 3. The number of carbonyl (C=O) groups excluding carboxylic acids is 3. The van der Waals surface area contributed by atoms with E-state index in [0.29, 0.717) is 24.6 Å². The first-order chi connectivity index (χ1) is 21.2. The Morgan fingerprint density at radius 1 is 1.04 bits per heavy atom. The summed E-state index contributed by atoms with van der Waals surface area (Å²) in [6, 6.07) is 11.6. The van der Waals surface area contributed by atoms with E-state index >= 15 is 0 Å². The van der Waals surface area contributed by atoms with E-state index in [4.69, 9.17) is 10.5 Å². The van der Waals surface area contributed by atoms with Crippen LogP contribution in [0.4, 0.5) is 19.0 Å². The lowest BCUT2D eigenvalue weighted by Gasteiger charge is -2.33. The predicted octanol–water partition coefficient (Wildman–Crippen LogP) is 4.13. The zero-order chi connectivity index (χ0) is 32.8. The van der Waals surface area contributed by atoms with Gasteiger partial charge in [-0.2, -0.15) is 13.2 Å². The number of aromatic nitrogens is 2. The fraction of sp³-hybridized carbons (Fsp3) is 0.438. The topological polar surface area (TPSA) is 132 Å². The number of hydrogen-bond acceptors (Lipinski definition) is 6. The van der Waals surface area contributed by atoms with Crippen LogP contribution in [0.2, 0.25) is 0 Å². The Labute approximate surface area is 260 Å². The lowest BCUT2D eigenvalue weighted by Crippen LogP contribution is -2.56. The Bertz CT molecular complexity index is 1450. The zero-order valence-corrected chi connectivity index (χ0v) is 25.5. The minimum Gasteiger partial charge on any atom is -0.374 e. The van der Waals surface area contributed by atoms with Crippen molar-refractivity contribution in [1.82, 2.24) is 19.8 Å². The first-order valence-corrected chi connectivity index (χ1v) is 14.7. The first-order valence-electron chi connectivity index (χ1n) is 14.7. The van der Waals surface area contributed by atoms with Gasteiger partial charge in [-0.15, -0.1) is 0 Å². The summed E-state index contributed by atoms with van der Waals surface area (Å²) >= 11 is 0. The van der Waals surface area contributed by atoms with Crippen LogP contribution >= 0.6 is 0 Å². The van der Waals surface area contributed by atoms with Crippen LogP contribution < -0.4 is 16.4 Å². The van der Waals surface area contributed by atoms with Gasteiger partial charge < -0.3 is 30.6 Å². The lowest BCUT2D eigenvalue weighted by molar-refractivity contribution is -0.137. The number of benzene rings is 2. The van der Waals surface area contributed by atoms with Crippen LogP contribution in [0.1, 0.15) is 56.3 Å². The molecule has 2 heterocycles. The number of anilines is 1. The third-order valence-electron chi connectivity index (χ3n) is 7.64. The van der Waals surface area contributed by atoms with Crippen molar-refractivity contribution in [2.24, 2.45) is 11.7 Å². The van der Waals surface area contributed by atoms with Gasteiger partial charge in [0, 0.05) is 19.3 Å². The highest BCUT2D eigenvalue weighted by atomic mass is 19.4. The molecule has 3 amide bonds. The average Bonchev–Trinajstić information content (AvgIpc) is 3.44. The summed E-state index contributed by atoms with van der Waals surface area (Å²) in [5, 5.41) is 5.26. The Hall–Kier alpha value is -4.23. The van der Waals surface area contributed by atoms with Crippen molar-refractivity contribution in [2.75, 3.05) is 25.0 Å². The summed E-state index contributed by atoms with van der Waals surface area (Å²) in [7, 11) is 0. The minimum absolute atomic E-state index is 0.0753. The quantitative estimate of drug-likeness (QED) is 0.293. The zero-order valence-electron chi connectivity index (χ0n) is 25.5. The molecule has 4 rings (SSSR count). The maximum Gasteiger partial charge on any atom is 0.416 e. The molecule has 0 radical (unpaired) electrons. The summed E-state index contributed by atoms with van der Waals surface area (Å²) in [4.78, 5) is 45.7.